The van der Waals surface area contributed by atoms with Crippen molar-refractivity contribution in [3.63, 3.8) is 0 Å². The average Bonchev–Trinajstić information content (AvgIpc) is 4.01. The van der Waals surface area contributed by atoms with Gasteiger partial charge in [0.15, 0.2) is 12.2 Å². The molecule has 10 rings (SSSR count). The van der Waals surface area contributed by atoms with E-state index in [1.54, 1.807) is 9.80 Å². The van der Waals surface area contributed by atoms with E-state index >= 15 is 0 Å². The van der Waals surface area contributed by atoms with Gasteiger partial charge in [-0.05, 0) is 140 Å². The van der Waals surface area contributed by atoms with Gasteiger partial charge in [0.2, 0.25) is 0 Å². The second-order valence-electron chi connectivity index (χ2n) is 17.1. The molecule has 2 aliphatic carbocycles. The number of likely N-dealkylation sites (tertiary alicyclic amines) is 2. The number of nitrogens with two attached hydrogens (primary N) is 2. The van der Waals surface area contributed by atoms with Gasteiger partial charge in [-0.25, -0.2) is 19.6 Å². The smallest absolute Gasteiger partial charge is 0.405 e. The van der Waals surface area contributed by atoms with E-state index in [0.29, 0.717) is 13.1 Å². The number of rotatable bonds is 10. The highest BCUT2D eigenvalue weighted by Gasteiger charge is 2.46. The molecule has 4 aromatic carbocycles. The van der Waals surface area contributed by atoms with Gasteiger partial charge in [0.25, 0.3) is 11.8 Å². The summed E-state index contributed by atoms with van der Waals surface area (Å²) in [7, 11) is 0. The zero-order chi connectivity index (χ0) is 41.4. The van der Waals surface area contributed by atoms with Gasteiger partial charge >= 0.3 is 12.2 Å². The number of imidazole rings is 2. The number of ether oxygens (including phenoxy) is 2. The molecule has 4 amide bonds. The fourth-order valence-electron chi connectivity index (χ4n) is 9.79. The third-order valence-corrected chi connectivity index (χ3v) is 13.0. The average molecular weight is 809 g/mol. The molecule has 4 heterocycles. The Hall–Kier alpha value is -6.44. The van der Waals surface area contributed by atoms with Crippen LogP contribution in [-0.4, -0.2) is 79.0 Å². The van der Waals surface area contributed by atoms with E-state index in [1.165, 1.54) is 5.56 Å². The topological polar surface area (TPSA) is 203 Å². The van der Waals surface area contributed by atoms with Crippen molar-refractivity contribution in [2.24, 2.45) is 23.3 Å². The predicted molar refractivity (Wildman–Crippen MR) is 225 cm³/mol. The first-order chi connectivity index (χ1) is 29.0. The SMILES string of the molecule is Cc1cc2cc(-c3ccc4nc(C5CCCN5C(=O)[C@@H](OC(N)=O)C5CC5)[nH]c4c3)ccc2c(C)c1-c1ccc2nc(C3CCCN3C(=O)[C@@H](OC(N)=O)C3CC3)[nH]c2c1. The number of aryl methyl sites for hydroxylation is 2. The first kappa shape index (κ1) is 37.8. The van der Waals surface area contributed by atoms with Gasteiger partial charge in [-0.1, -0.05) is 30.3 Å². The van der Waals surface area contributed by atoms with E-state index < -0.39 is 24.4 Å². The van der Waals surface area contributed by atoms with Crippen molar-refractivity contribution in [3.8, 4) is 22.3 Å². The Kier molecular flexibility index (Phi) is 9.25. The summed E-state index contributed by atoms with van der Waals surface area (Å²) in [5, 5.41) is 2.30. The van der Waals surface area contributed by atoms with Crippen molar-refractivity contribution in [1.82, 2.24) is 29.7 Å². The quantitative estimate of drug-likeness (QED) is 0.108. The summed E-state index contributed by atoms with van der Waals surface area (Å²) in [6.45, 7) is 5.47. The molecule has 0 spiro atoms. The molecule has 4 atom stereocenters. The Morgan fingerprint density at radius 2 is 1.13 bits per heavy atom. The normalized spacial score (nSPS) is 20.2. The van der Waals surface area contributed by atoms with Crippen molar-refractivity contribution < 1.29 is 28.7 Å². The molecule has 308 valence electrons. The molecule has 2 saturated carbocycles. The fraction of sp³-hybridized carbons (Fsp3) is 0.391. The van der Waals surface area contributed by atoms with E-state index in [4.69, 9.17) is 30.9 Å². The van der Waals surface area contributed by atoms with Gasteiger partial charge in [-0.15, -0.1) is 0 Å². The highest BCUT2D eigenvalue weighted by Crippen LogP contribution is 2.42. The third-order valence-electron chi connectivity index (χ3n) is 13.0. The summed E-state index contributed by atoms with van der Waals surface area (Å²) >= 11 is 0. The van der Waals surface area contributed by atoms with Gasteiger partial charge < -0.3 is 40.7 Å². The molecule has 2 saturated heterocycles. The Morgan fingerprint density at radius 1 is 0.650 bits per heavy atom. The summed E-state index contributed by atoms with van der Waals surface area (Å²) in [5.41, 5.74) is 20.8. The van der Waals surface area contributed by atoms with Crippen molar-refractivity contribution in [2.75, 3.05) is 13.1 Å². The van der Waals surface area contributed by atoms with Gasteiger partial charge in [-0.2, -0.15) is 0 Å². The molecule has 0 radical (unpaired) electrons. The minimum Gasteiger partial charge on any atom is -0.436 e. The Bertz CT molecular complexity index is 2730. The van der Waals surface area contributed by atoms with Crippen LogP contribution in [-0.2, 0) is 19.1 Å². The van der Waals surface area contributed by atoms with Crippen LogP contribution in [0.25, 0.3) is 55.1 Å². The van der Waals surface area contributed by atoms with Gasteiger partial charge in [0.05, 0.1) is 34.2 Å². The van der Waals surface area contributed by atoms with Gasteiger partial charge in [0.1, 0.15) is 11.6 Å². The monoisotopic (exact) mass is 808 g/mol. The number of nitrogens with zero attached hydrogens (tertiary/aromatic N) is 4. The van der Waals surface area contributed by atoms with Crippen molar-refractivity contribution in [1.29, 1.82) is 0 Å². The molecule has 14 heteroatoms. The third kappa shape index (κ3) is 6.87. The number of H-pyrrole nitrogens is 2. The Morgan fingerprint density at radius 3 is 1.65 bits per heavy atom. The molecule has 4 fully saturated rings. The van der Waals surface area contributed by atoms with Gasteiger partial charge in [-0.3, -0.25) is 9.59 Å². The number of amides is 4. The van der Waals surface area contributed by atoms with E-state index in [2.05, 4.69) is 72.3 Å². The van der Waals surface area contributed by atoms with Crippen LogP contribution in [0.3, 0.4) is 0 Å². The van der Waals surface area contributed by atoms with Crippen LogP contribution in [0.4, 0.5) is 9.59 Å². The molecule has 6 N–H and O–H groups in total. The highest BCUT2D eigenvalue weighted by atomic mass is 16.6. The van der Waals surface area contributed by atoms with Crippen LogP contribution in [0.15, 0.2) is 60.7 Å². The van der Waals surface area contributed by atoms with Crippen molar-refractivity contribution in [3.05, 3.63) is 83.4 Å². The number of fused-ring (bicyclic) bond motifs is 3. The van der Waals surface area contributed by atoms with Crippen LogP contribution < -0.4 is 11.5 Å². The maximum absolute atomic E-state index is 13.6. The van der Waals surface area contributed by atoms with Crippen LogP contribution in [0.5, 0.6) is 0 Å². The lowest BCUT2D eigenvalue weighted by Gasteiger charge is -2.27. The largest absolute Gasteiger partial charge is 0.436 e. The van der Waals surface area contributed by atoms with E-state index in [0.717, 1.165) is 124 Å². The van der Waals surface area contributed by atoms with Crippen molar-refractivity contribution >= 4 is 56.8 Å². The zero-order valence-corrected chi connectivity index (χ0v) is 33.7. The van der Waals surface area contributed by atoms with E-state index in [1.807, 2.05) is 12.1 Å². The lowest BCUT2D eigenvalue weighted by molar-refractivity contribution is -0.143. The highest BCUT2D eigenvalue weighted by molar-refractivity contribution is 5.97. The maximum atomic E-state index is 13.6. The van der Waals surface area contributed by atoms with Crippen LogP contribution in [0.1, 0.15) is 86.2 Å². The second kappa shape index (κ2) is 14.7. The number of carbonyl (C=O) groups excluding carboxylic acids is 4. The Balaban J connectivity index is 0.897. The minimum absolute atomic E-state index is 0.0259. The van der Waals surface area contributed by atoms with Crippen LogP contribution in [0.2, 0.25) is 0 Å². The second-order valence-corrected chi connectivity index (χ2v) is 17.1. The zero-order valence-electron chi connectivity index (χ0n) is 33.7. The number of hydrogen-bond donors (Lipinski definition) is 4. The number of aromatic amines is 2. The molecular weight excluding hydrogens is 761 g/mol. The molecule has 2 unspecified atom stereocenters. The summed E-state index contributed by atoms with van der Waals surface area (Å²) in [6.07, 6.45) is 3.09. The molecule has 0 bridgehead atoms. The molecule has 14 nitrogen and oxygen atoms in total. The number of benzene rings is 4. The van der Waals surface area contributed by atoms with Gasteiger partial charge in [0, 0.05) is 24.9 Å². The molecule has 2 aliphatic heterocycles. The first-order valence-electron chi connectivity index (χ1n) is 21.1. The van der Waals surface area contributed by atoms with E-state index in [-0.39, 0.29) is 35.7 Å². The van der Waals surface area contributed by atoms with Crippen LogP contribution >= 0.6 is 0 Å². The minimum atomic E-state index is -0.920. The van der Waals surface area contributed by atoms with E-state index in [9.17, 15) is 19.2 Å². The number of primary amides is 2. The number of nitrogens with one attached hydrogen (secondary N) is 2. The number of carbonyl (C=O) groups is 4. The standard InChI is InChI=1S/C46H48N8O6/c1-23-19-30-20-27(28-12-15-32-34(21-28)51-41(49-32)36-5-3-17-53(36)43(55)39(25-7-8-25)59-45(47)57)11-14-31(30)24(2)38(23)29-13-16-33-35(22-29)52-42(50-33)37-6-4-18-54(37)44(56)40(26-9-10-26)60-46(48)58/h11-16,19-22,25-26,36-37,39-40H,3-10,17-18H2,1-2H3,(H2,47,57)(H2,48,58)(H,49,51)(H,50,52)/t36?,37?,39-,40-/m0/s1. The molecular formula is C46H48N8O6. The number of hydrogen-bond acceptors (Lipinski definition) is 8. The summed E-state index contributed by atoms with van der Waals surface area (Å²) in [5.74, 6) is 1.12. The lowest BCUT2D eigenvalue weighted by Crippen LogP contribution is -2.43. The molecule has 60 heavy (non-hydrogen) atoms. The fourth-order valence-corrected chi connectivity index (χ4v) is 9.79. The first-order valence-corrected chi connectivity index (χ1v) is 21.1. The number of aromatic nitrogens is 4. The Labute approximate surface area is 346 Å². The van der Waals surface area contributed by atoms with Crippen LogP contribution in [0, 0.1) is 25.7 Å². The predicted octanol–water partition coefficient (Wildman–Crippen LogP) is 7.62. The molecule has 4 aliphatic rings. The lowest BCUT2D eigenvalue weighted by atomic mass is 9.89. The molecule has 6 aromatic rings. The molecule has 2 aromatic heterocycles. The summed E-state index contributed by atoms with van der Waals surface area (Å²) < 4.78 is 10.6. The summed E-state index contributed by atoms with van der Waals surface area (Å²) in [4.78, 5) is 70.8. The summed E-state index contributed by atoms with van der Waals surface area (Å²) in [6, 6.07) is 20.8. The maximum Gasteiger partial charge on any atom is 0.405 e. The van der Waals surface area contributed by atoms with Crippen molar-refractivity contribution in [2.45, 2.75) is 89.5 Å².